The molecule has 150 valence electrons. The minimum absolute atomic E-state index is 0.0721. The van der Waals surface area contributed by atoms with E-state index < -0.39 is 5.97 Å². The summed E-state index contributed by atoms with van der Waals surface area (Å²) in [6.07, 6.45) is 7.93. The lowest BCUT2D eigenvalue weighted by Gasteiger charge is -2.32. The molecule has 4 rings (SSSR count). The van der Waals surface area contributed by atoms with Crippen molar-refractivity contribution in [1.82, 2.24) is 4.98 Å². The van der Waals surface area contributed by atoms with Crippen molar-refractivity contribution in [3.8, 4) is 10.4 Å². The summed E-state index contributed by atoms with van der Waals surface area (Å²) in [6, 6.07) is 16.5. The number of benzene rings is 1. The molecule has 5 heteroatoms. The van der Waals surface area contributed by atoms with Crippen molar-refractivity contribution < 1.29 is 9.90 Å². The molecule has 0 aliphatic heterocycles. The Morgan fingerprint density at radius 3 is 2.55 bits per heavy atom. The predicted octanol–water partition coefficient (Wildman–Crippen LogP) is 6.55. The summed E-state index contributed by atoms with van der Waals surface area (Å²) in [7, 11) is 0. The lowest BCUT2D eigenvalue weighted by atomic mass is 9.81. The second-order valence-electron chi connectivity index (χ2n) is 7.75. The van der Waals surface area contributed by atoms with Gasteiger partial charge in [0.05, 0.1) is 17.9 Å². The van der Waals surface area contributed by atoms with Gasteiger partial charge in [-0.05, 0) is 55.0 Å². The maximum absolute atomic E-state index is 11.1. The molecule has 3 aromatic rings. The summed E-state index contributed by atoms with van der Waals surface area (Å²) < 4.78 is 0. The van der Waals surface area contributed by atoms with E-state index in [1.807, 2.05) is 23.5 Å². The molecule has 29 heavy (non-hydrogen) atoms. The van der Waals surface area contributed by atoms with E-state index in [2.05, 4.69) is 47.6 Å². The van der Waals surface area contributed by atoms with Crippen molar-refractivity contribution in [3.63, 3.8) is 0 Å². The fourth-order valence-electron chi connectivity index (χ4n) is 4.25. The van der Waals surface area contributed by atoms with Crippen LogP contribution < -0.4 is 5.32 Å². The van der Waals surface area contributed by atoms with E-state index in [-0.39, 0.29) is 11.7 Å². The van der Waals surface area contributed by atoms with Crippen LogP contribution in [0.3, 0.4) is 0 Å². The molecule has 1 aromatic carbocycles. The number of aryl methyl sites for hydroxylation is 1. The molecule has 0 saturated heterocycles. The van der Waals surface area contributed by atoms with Gasteiger partial charge >= 0.3 is 5.97 Å². The first-order valence-electron chi connectivity index (χ1n) is 10.2. The summed E-state index contributed by atoms with van der Waals surface area (Å²) >= 11 is 1.84. The Morgan fingerprint density at radius 1 is 1.14 bits per heavy atom. The zero-order chi connectivity index (χ0) is 20.2. The zero-order valence-corrected chi connectivity index (χ0v) is 17.4. The Kier molecular flexibility index (Phi) is 5.95. The molecule has 0 amide bonds. The Bertz CT molecular complexity index is 960. The van der Waals surface area contributed by atoms with Gasteiger partial charge in [0.1, 0.15) is 5.69 Å². The van der Waals surface area contributed by atoms with Gasteiger partial charge in [-0.15, -0.1) is 11.3 Å². The number of hydrogen-bond donors (Lipinski definition) is 2. The van der Waals surface area contributed by atoms with Crippen LogP contribution in [0.5, 0.6) is 0 Å². The molecular weight excluding hydrogens is 380 g/mol. The number of nitrogens with zero attached hydrogens (tertiary/aromatic N) is 1. The molecule has 2 heterocycles. The predicted molar refractivity (Wildman–Crippen MR) is 119 cm³/mol. The third-order valence-electron chi connectivity index (χ3n) is 5.78. The highest BCUT2D eigenvalue weighted by Crippen LogP contribution is 2.42. The highest BCUT2D eigenvalue weighted by molar-refractivity contribution is 7.15. The Balaban J connectivity index is 1.65. The number of anilines is 1. The normalized spacial score (nSPS) is 15.8. The van der Waals surface area contributed by atoms with Crippen molar-refractivity contribution >= 4 is 23.0 Å². The first-order valence-corrected chi connectivity index (χ1v) is 11.0. The molecule has 2 N–H and O–H groups in total. The molecule has 1 fully saturated rings. The number of rotatable bonds is 6. The monoisotopic (exact) mass is 406 g/mol. The van der Waals surface area contributed by atoms with Crippen molar-refractivity contribution in [2.24, 2.45) is 5.92 Å². The van der Waals surface area contributed by atoms with Gasteiger partial charge in [-0.1, -0.05) is 49.6 Å². The molecule has 1 aliphatic carbocycles. The third kappa shape index (κ3) is 4.51. The van der Waals surface area contributed by atoms with Crippen LogP contribution in [0.25, 0.3) is 10.4 Å². The van der Waals surface area contributed by atoms with Crippen LogP contribution in [-0.2, 0) is 0 Å². The van der Waals surface area contributed by atoms with Gasteiger partial charge in [-0.25, -0.2) is 9.78 Å². The lowest BCUT2D eigenvalue weighted by molar-refractivity contribution is 0.0690. The summed E-state index contributed by atoms with van der Waals surface area (Å²) in [4.78, 5) is 17.8. The molecule has 2 aromatic heterocycles. The number of carboxylic acids is 1. The van der Waals surface area contributed by atoms with E-state index in [1.165, 1.54) is 53.0 Å². The van der Waals surface area contributed by atoms with Gasteiger partial charge in [0.2, 0.25) is 0 Å². The number of carboxylic acid groups (broad SMARTS) is 1. The fourth-order valence-corrected chi connectivity index (χ4v) is 5.33. The SMILES string of the molecule is Cc1sc(-c2ccccc2)cc1C(Nc1ccc(C(=O)O)nc1)C1CCCCC1. The average Bonchev–Trinajstić information content (AvgIpc) is 3.15. The number of nitrogens with one attached hydrogen (secondary N) is 1. The smallest absolute Gasteiger partial charge is 0.354 e. The molecule has 0 radical (unpaired) electrons. The lowest BCUT2D eigenvalue weighted by Crippen LogP contribution is -2.23. The summed E-state index contributed by atoms with van der Waals surface area (Å²) in [6.45, 7) is 2.20. The second kappa shape index (κ2) is 8.78. The Labute approximate surface area is 175 Å². The molecule has 4 nitrogen and oxygen atoms in total. The number of aromatic nitrogens is 1. The average molecular weight is 407 g/mol. The number of carbonyl (C=O) groups is 1. The molecule has 0 spiro atoms. The van der Waals surface area contributed by atoms with Crippen LogP contribution in [0.1, 0.15) is 59.1 Å². The summed E-state index contributed by atoms with van der Waals surface area (Å²) in [5.41, 5.74) is 3.55. The Hall–Kier alpha value is -2.66. The molecule has 1 aliphatic rings. The van der Waals surface area contributed by atoms with Crippen molar-refractivity contribution in [3.05, 3.63) is 70.9 Å². The van der Waals surface area contributed by atoms with Crippen LogP contribution in [-0.4, -0.2) is 16.1 Å². The Morgan fingerprint density at radius 2 is 1.90 bits per heavy atom. The first kappa shape index (κ1) is 19.6. The van der Waals surface area contributed by atoms with Crippen molar-refractivity contribution in [1.29, 1.82) is 0 Å². The maximum Gasteiger partial charge on any atom is 0.354 e. The van der Waals surface area contributed by atoms with Crippen LogP contribution in [0, 0.1) is 12.8 Å². The highest BCUT2D eigenvalue weighted by atomic mass is 32.1. The van der Waals surface area contributed by atoms with Gasteiger partial charge in [0, 0.05) is 9.75 Å². The molecular formula is C24H26N2O2S. The summed E-state index contributed by atoms with van der Waals surface area (Å²) in [5, 5.41) is 12.8. The van der Waals surface area contributed by atoms with E-state index in [1.54, 1.807) is 12.3 Å². The van der Waals surface area contributed by atoms with Crippen LogP contribution in [0.15, 0.2) is 54.7 Å². The van der Waals surface area contributed by atoms with Gasteiger partial charge in [-0.3, -0.25) is 0 Å². The zero-order valence-electron chi connectivity index (χ0n) is 16.6. The van der Waals surface area contributed by atoms with Gasteiger partial charge in [0.25, 0.3) is 0 Å². The second-order valence-corrected chi connectivity index (χ2v) is 9.00. The fraction of sp³-hybridized carbons (Fsp3) is 0.333. The van der Waals surface area contributed by atoms with E-state index >= 15 is 0 Å². The first-order chi connectivity index (χ1) is 14.1. The topological polar surface area (TPSA) is 62.2 Å². The van der Waals surface area contributed by atoms with Gasteiger partial charge < -0.3 is 10.4 Å². The quantitative estimate of drug-likeness (QED) is 0.487. The molecule has 1 saturated carbocycles. The summed E-state index contributed by atoms with van der Waals surface area (Å²) in [5.74, 6) is -0.429. The number of pyridine rings is 1. The molecule has 1 atom stereocenters. The van der Waals surface area contributed by atoms with E-state index in [0.29, 0.717) is 5.92 Å². The molecule has 0 bridgehead atoms. The van der Waals surface area contributed by atoms with Gasteiger partial charge in [-0.2, -0.15) is 0 Å². The van der Waals surface area contributed by atoms with Crippen molar-refractivity contribution in [2.75, 3.05) is 5.32 Å². The number of hydrogen-bond acceptors (Lipinski definition) is 4. The minimum atomic E-state index is -0.999. The maximum atomic E-state index is 11.1. The van der Waals surface area contributed by atoms with E-state index in [4.69, 9.17) is 5.11 Å². The minimum Gasteiger partial charge on any atom is -0.477 e. The largest absolute Gasteiger partial charge is 0.477 e. The van der Waals surface area contributed by atoms with E-state index in [9.17, 15) is 4.79 Å². The number of thiophene rings is 1. The highest BCUT2D eigenvalue weighted by Gasteiger charge is 2.28. The third-order valence-corrected chi connectivity index (χ3v) is 6.89. The van der Waals surface area contributed by atoms with Crippen LogP contribution in [0.2, 0.25) is 0 Å². The number of aromatic carboxylic acids is 1. The van der Waals surface area contributed by atoms with Crippen LogP contribution >= 0.6 is 11.3 Å². The van der Waals surface area contributed by atoms with Crippen LogP contribution in [0.4, 0.5) is 5.69 Å². The molecule has 1 unspecified atom stereocenters. The standard InChI is InChI=1S/C24H26N2O2S/c1-16-20(14-22(29-16)17-8-4-2-5-9-17)23(18-10-6-3-7-11-18)26-19-12-13-21(24(27)28)25-15-19/h2,4-5,8-9,12-15,18,23,26H,3,6-7,10-11H2,1H3,(H,27,28). The van der Waals surface area contributed by atoms with E-state index in [0.717, 1.165) is 5.69 Å². The van der Waals surface area contributed by atoms with Gasteiger partial charge in [0.15, 0.2) is 0 Å². The van der Waals surface area contributed by atoms with Crippen molar-refractivity contribution in [2.45, 2.75) is 45.1 Å².